The number of hydrogen-bond donors (Lipinski definition) is 2. The Morgan fingerprint density at radius 2 is 2.25 bits per heavy atom. The predicted molar refractivity (Wildman–Crippen MR) is 75.8 cm³/mol. The first-order chi connectivity index (χ1) is 9.60. The summed E-state index contributed by atoms with van der Waals surface area (Å²) in [7, 11) is 1.84. The van der Waals surface area contributed by atoms with E-state index in [0.717, 1.165) is 24.0 Å². The average Bonchev–Trinajstić information content (AvgIpc) is 2.95. The van der Waals surface area contributed by atoms with Gasteiger partial charge in [0.2, 0.25) is 0 Å². The molecule has 3 N–H and O–H groups in total. The molecule has 1 aliphatic rings. The molecule has 3 rings (SSSR count). The lowest BCUT2D eigenvalue weighted by Gasteiger charge is -2.24. The SMILES string of the molecule is CC1CCN(Cc2nc(N)c3cnn(C)c3n2)C1CO. The second-order valence-electron chi connectivity index (χ2n) is 5.52. The van der Waals surface area contributed by atoms with Gasteiger partial charge in [-0.2, -0.15) is 5.10 Å². The molecular formula is C13H20N6O. The first-order valence-corrected chi connectivity index (χ1v) is 6.89. The van der Waals surface area contributed by atoms with E-state index in [1.165, 1.54) is 0 Å². The van der Waals surface area contributed by atoms with Crippen molar-refractivity contribution in [3.8, 4) is 0 Å². The minimum absolute atomic E-state index is 0.171. The third-order valence-corrected chi connectivity index (χ3v) is 4.20. The molecule has 108 valence electrons. The maximum atomic E-state index is 9.50. The number of anilines is 1. The Kier molecular flexibility index (Phi) is 3.31. The summed E-state index contributed by atoms with van der Waals surface area (Å²) in [4.78, 5) is 11.1. The van der Waals surface area contributed by atoms with Crippen LogP contribution >= 0.6 is 0 Å². The topological polar surface area (TPSA) is 93.1 Å². The van der Waals surface area contributed by atoms with Gasteiger partial charge >= 0.3 is 0 Å². The second-order valence-corrected chi connectivity index (χ2v) is 5.52. The molecule has 0 radical (unpaired) electrons. The summed E-state index contributed by atoms with van der Waals surface area (Å²) in [5.41, 5.74) is 6.72. The Bertz CT molecular complexity index is 625. The smallest absolute Gasteiger partial charge is 0.163 e. The fourth-order valence-electron chi connectivity index (χ4n) is 2.92. The van der Waals surface area contributed by atoms with Crippen molar-refractivity contribution in [1.29, 1.82) is 0 Å². The van der Waals surface area contributed by atoms with Crippen LogP contribution in [0, 0.1) is 5.92 Å². The molecule has 0 aliphatic carbocycles. The zero-order valence-corrected chi connectivity index (χ0v) is 11.8. The maximum absolute atomic E-state index is 9.50. The van der Waals surface area contributed by atoms with E-state index in [1.54, 1.807) is 10.9 Å². The zero-order chi connectivity index (χ0) is 14.3. The monoisotopic (exact) mass is 276 g/mol. The normalized spacial score (nSPS) is 23.8. The lowest BCUT2D eigenvalue weighted by Crippen LogP contribution is -2.35. The lowest BCUT2D eigenvalue weighted by atomic mass is 10.0. The van der Waals surface area contributed by atoms with Crippen LogP contribution in [-0.2, 0) is 13.6 Å². The van der Waals surface area contributed by atoms with Gasteiger partial charge in [0, 0.05) is 13.1 Å². The number of hydrogen-bond acceptors (Lipinski definition) is 6. The number of aryl methyl sites for hydroxylation is 1. The van der Waals surface area contributed by atoms with Crippen LogP contribution in [0.25, 0.3) is 11.0 Å². The van der Waals surface area contributed by atoms with Crippen molar-refractivity contribution in [3.63, 3.8) is 0 Å². The molecule has 0 saturated carbocycles. The Morgan fingerprint density at radius 3 is 3.00 bits per heavy atom. The minimum Gasteiger partial charge on any atom is -0.395 e. The van der Waals surface area contributed by atoms with Crippen molar-refractivity contribution < 1.29 is 5.11 Å². The van der Waals surface area contributed by atoms with Crippen molar-refractivity contribution in [2.45, 2.75) is 25.9 Å². The quantitative estimate of drug-likeness (QED) is 0.829. The highest BCUT2D eigenvalue weighted by Crippen LogP contribution is 2.25. The molecular weight excluding hydrogens is 256 g/mol. The number of fused-ring (bicyclic) bond motifs is 1. The summed E-state index contributed by atoms with van der Waals surface area (Å²) in [5.74, 6) is 1.65. The van der Waals surface area contributed by atoms with Gasteiger partial charge in [-0.25, -0.2) is 9.97 Å². The number of nitrogens with two attached hydrogens (primary N) is 1. The Hall–Kier alpha value is -1.73. The summed E-state index contributed by atoms with van der Waals surface area (Å²) < 4.78 is 1.70. The number of aromatic nitrogens is 4. The first-order valence-electron chi connectivity index (χ1n) is 6.89. The van der Waals surface area contributed by atoms with Gasteiger partial charge in [0.1, 0.15) is 11.6 Å². The Balaban J connectivity index is 1.89. The van der Waals surface area contributed by atoms with Gasteiger partial charge in [-0.15, -0.1) is 0 Å². The second kappa shape index (κ2) is 4.99. The van der Waals surface area contributed by atoms with Crippen LogP contribution in [0.3, 0.4) is 0 Å². The molecule has 20 heavy (non-hydrogen) atoms. The molecule has 2 atom stereocenters. The molecule has 2 aromatic heterocycles. The third kappa shape index (κ3) is 2.12. The van der Waals surface area contributed by atoms with Gasteiger partial charge in [-0.05, 0) is 18.9 Å². The third-order valence-electron chi connectivity index (χ3n) is 4.20. The van der Waals surface area contributed by atoms with Crippen LogP contribution in [0.5, 0.6) is 0 Å². The van der Waals surface area contributed by atoms with Crippen molar-refractivity contribution >= 4 is 16.9 Å². The highest BCUT2D eigenvalue weighted by atomic mass is 16.3. The standard InChI is InChI=1S/C13H20N6O/c1-8-3-4-19(10(8)7-20)6-11-16-12(14)9-5-15-18(2)13(9)17-11/h5,8,10,20H,3-4,6-7H2,1-2H3,(H2,14,16,17). The fourth-order valence-corrected chi connectivity index (χ4v) is 2.92. The van der Waals surface area contributed by atoms with E-state index in [9.17, 15) is 5.11 Å². The average molecular weight is 276 g/mol. The van der Waals surface area contributed by atoms with Gasteiger partial charge in [0.15, 0.2) is 5.65 Å². The molecule has 7 heteroatoms. The Morgan fingerprint density at radius 1 is 1.45 bits per heavy atom. The van der Waals surface area contributed by atoms with Crippen molar-refractivity contribution in [2.24, 2.45) is 13.0 Å². The summed E-state index contributed by atoms with van der Waals surface area (Å²) in [6, 6.07) is 0.182. The van der Waals surface area contributed by atoms with Crippen LogP contribution in [-0.4, -0.2) is 48.9 Å². The van der Waals surface area contributed by atoms with Crippen molar-refractivity contribution in [3.05, 3.63) is 12.0 Å². The van der Waals surface area contributed by atoms with Gasteiger partial charge < -0.3 is 10.8 Å². The summed E-state index contributed by atoms with van der Waals surface area (Å²) in [6.07, 6.45) is 2.78. The molecule has 1 aliphatic heterocycles. The fraction of sp³-hybridized carbons (Fsp3) is 0.615. The number of aliphatic hydroxyl groups excluding tert-OH is 1. The van der Waals surface area contributed by atoms with Crippen LogP contribution < -0.4 is 5.73 Å². The molecule has 1 saturated heterocycles. The molecule has 3 heterocycles. The van der Waals surface area contributed by atoms with E-state index in [4.69, 9.17) is 5.73 Å². The zero-order valence-electron chi connectivity index (χ0n) is 11.8. The first kappa shape index (κ1) is 13.3. The van der Waals surface area contributed by atoms with Crippen LogP contribution in [0.2, 0.25) is 0 Å². The van der Waals surface area contributed by atoms with Crippen LogP contribution in [0.15, 0.2) is 6.20 Å². The molecule has 0 aromatic carbocycles. The van der Waals surface area contributed by atoms with Gasteiger partial charge in [0.25, 0.3) is 0 Å². The van der Waals surface area contributed by atoms with Gasteiger partial charge in [-0.3, -0.25) is 9.58 Å². The predicted octanol–water partition coefficient (Wildman–Crippen LogP) is 0.148. The molecule has 0 bridgehead atoms. The number of nitrogen functional groups attached to an aromatic ring is 1. The van der Waals surface area contributed by atoms with Crippen LogP contribution in [0.1, 0.15) is 19.2 Å². The van der Waals surface area contributed by atoms with E-state index in [-0.39, 0.29) is 12.6 Å². The van der Waals surface area contributed by atoms with Crippen molar-refractivity contribution in [1.82, 2.24) is 24.6 Å². The summed E-state index contributed by atoms with van der Waals surface area (Å²) in [5, 5.41) is 14.4. The van der Waals surface area contributed by atoms with Crippen LogP contribution in [0.4, 0.5) is 5.82 Å². The molecule has 0 spiro atoms. The summed E-state index contributed by atoms with van der Waals surface area (Å²) in [6.45, 7) is 3.91. The lowest BCUT2D eigenvalue weighted by molar-refractivity contribution is 0.132. The summed E-state index contributed by atoms with van der Waals surface area (Å²) >= 11 is 0. The molecule has 1 fully saturated rings. The van der Waals surface area contributed by atoms with E-state index in [0.29, 0.717) is 24.1 Å². The van der Waals surface area contributed by atoms with E-state index in [2.05, 4.69) is 26.9 Å². The number of likely N-dealkylation sites (tertiary alicyclic amines) is 1. The number of rotatable bonds is 3. The molecule has 0 amide bonds. The Labute approximate surface area is 117 Å². The minimum atomic E-state index is 0.171. The van der Waals surface area contributed by atoms with E-state index in [1.807, 2.05) is 7.05 Å². The number of aliphatic hydroxyl groups is 1. The van der Waals surface area contributed by atoms with Gasteiger partial charge in [0.05, 0.1) is 24.7 Å². The van der Waals surface area contributed by atoms with E-state index < -0.39 is 0 Å². The molecule has 7 nitrogen and oxygen atoms in total. The van der Waals surface area contributed by atoms with E-state index >= 15 is 0 Å². The van der Waals surface area contributed by atoms with Crippen molar-refractivity contribution in [2.75, 3.05) is 18.9 Å². The molecule has 2 aromatic rings. The van der Waals surface area contributed by atoms with Gasteiger partial charge in [-0.1, -0.05) is 6.92 Å². The highest BCUT2D eigenvalue weighted by Gasteiger charge is 2.31. The maximum Gasteiger partial charge on any atom is 0.163 e. The largest absolute Gasteiger partial charge is 0.395 e. The number of nitrogens with zero attached hydrogens (tertiary/aromatic N) is 5. The molecule has 2 unspecified atom stereocenters. The highest BCUT2D eigenvalue weighted by molar-refractivity contribution is 5.84.